The van der Waals surface area contributed by atoms with Crippen LogP contribution in [0.4, 0.5) is 4.79 Å². The molecule has 2 amide bonds. The van der Waals surface area contributed by atoms with Crippen LogP contribution in [-0.2, 0) is 21.2 Å². The van der Waals surface area contributed by atoms with Crippen LogP contribution < -0.4 is 0 Å². The maximum absolute atomic E-state index is 12.8. The Labute approximate surface area is 196 Å². The molecule has 0 aliphatic carbocycles. The lowest BCUT2D eigenvalue weighted by Crippen LogP contribution is -2.40. The number of hydrogen-bond donors (Lipinski definition) is 0. The Hall–Kier alpha value is -2.91. The molecular weight excluding hydrogens is 464 g/mol. The topological polar surface area (TPSA) is 92.6 Å². The number of rotatable bonds is 5. The third-order valence-electron chi connectivity index (χ3n) is 6.45. The summed E-state index contributed by atoms with van der Waals surface area (Å²) in [5.41, 5.74) is 0.853. The minimum Gasteiger partial charge on any atom is -0.341 e. The van der Waals surface area contributed by atoms with Gasteiger partial charge in [0.1, 0.15) is 5.82 Å². The molecule has 2 aromatic carbocycles. The largest absolute Gasteiger partial charge is 0.341 e. The first-order valence-corrected chi connectivity index (χ1v) is 12.8. The Bertz CT molecular complexity index is 1380. The third kappa shape index (κ3) is 4.00. The molecule has 3 heterocycles. The predicted octanol–water partition coefficient (Wildman–Crippen LogP) is 3.25. The lowest BCUT2D eigenvalue weighted by Gasteiger charge is -2.23. The molecule has 0 bridgehead atoms. The average Bonchev–Trinajstić information content (AvgIpc) is 3.49. The number of hydrogen-bond acceptors (Lipinski definition) is 5. The van der Waals surface area contributed by atoms with Gasteiger partial charge < -0.3 is 9.80 Å². The summed E-state index contributed by atoms with van der Waals surface area (Å²) in [5.74, 6) is 0.189. The fourth-order valence-corrected chi connectivity index (χ4v) is 6.07. The van der Waals surface area contributed by atoms with Crippen LogP contribution in [0.5, 0.6) is 0 Å². The highest BCUT2D eigenvalue weighted by Gasteiger charge is 2.38. The van der Waals surface area contributed by atoms with E-state index in [9.17, 15) is 18.0 Å². The molecule has 0 spiro atoms. The van der Waals surface area contributed by atoms with Crippen molar-refractivity contribution in [2.24, 2.45) is 0 Å². The quantitative estimate of drug-likeness (QED) is 0.552. The zero-order valence-electron chi connectivity index (χ0n) is 18.1. The van der Waals surface area contributed by atoms with Crippen LogP contribution in [0.25, 0.3) is 10.8 Å². The molecule has 33 heavy (non-hydrogen) atoms. The molecule has 1 fully saturated rings. The number of nitrogens with zero attached hydrogens (tertiary/aromatic N) is 4. The molecule has 2 aliphatic heterocycles. The van der Waals surface area contributed by atoms with E-state index in [4.69, 9.17) is 11.6 Å². The van der Waals surface area contributed by atoms with E-state index < -0.39 is 9.84 Å². The predicted molar refractivity (Wildman–Crippen MR) is 124 cm³/mol. The minimum atomic E-state index is -3.61. The van der Waals surface area contributed by atoms with E-state index in [2.05, 4.69) is 4.98 Å². The number of fused-ring (bicyclic) bond motifs is 2. The van der Waals surface area contributed by atoms with Crippen LogP contribution >= 0.6 is 11.6 Å². The summed E-state index contributed by atoms with van der Waals surface area (Å²) in [7, 11) is -3.61. The highest BCUT2D eigenvalue weighted by Crippen LogP contribution is 2.27. The molecule has 1 atom stereocenters. The smallest absolute Gasteiger partial charge is 0.330 e. The Morgan fingerprint density at radius 1 is 1.18 bits per heavy atom. The maximum atomic E-state index is 12.8. The number of halogens is 1. The molecule has 2 aliphatic rings. The van der Waals surface area contributed by atoms with E-state index in [0.717, 1.165) is 16.5 Å². The van der Waals surface area contributed by atoms with Crippen LogP contribution in [-0.4, -0.2) is 64.6 Å². The van der Waals surface area contributed by atoms with Gasteiger partial charge in [0.15, 0.2) is 9.84 Å². The first-order chi connectivity index (χ1) is 15.7. The van der Waals surface area contributed by atoms with Gasteiger partial charge in [0.25, 0.3) is 0 Å². The summed E-state index contributed by atoms with van der Waals surface area (Å²) in [4.78, 5) is 33.3. The van der Waals surface area contributed by atoms with Crippen LogP contribution in [0, 0.1) is 6.92 Å². The van der Waals surface area contributed by atoms with Gasteiger partial charge in [-0.05, 0) is 48.4 Å². The van der Waals surface area contributed by atoms with E-state index in [0.29, 0.717) is 36.9 Å². The Morgan fingerprint density at radius 2 is 1.94 bits per heavy atom. The standard InChI is InChI=1S/C23H23ClN4O4S/c1-15-25-12-20-14-27(23(30)28(15)20)19-6-8-26(13-19)22(29)7-9-33(31,32)21-5-3-16-10-18(24)4-2-17(16)11-21/h2-5,10-12,19H,6-9,13-14H2,1H3. The summed E-state index contributed by atoms with van der Waals surface area (Å²) < 4.78 is 27.3. The van der Waals surface area contributed by atoms with Crippen LogP contribution in [0.2, 0.25) is 5.02 Å². The van der Waals surface area contributed by atoms with Gasteiger partial charge >= 0.3 is 6.03 Å². The molecule has 1 aromatic heterocycles. The van der Waals surface area contributed by atoms with Crippen molar-refractivity contribution in [1.82, 2.24) is 19.4 Å². The number of amides is 2. The van der Waals surface area contributed by atoms with Crippen molar-refractivity contribution < 1.29 is 18.0 Å². The average molecular weight is 487 g/mol. The van der Waals surface area contributed by atoms with Crippen molar-refractivity contribution in [2.75, 3.05) is 18.8 Å². The molecule has 0 saturated carbocycles. The molecule has 1 saturated heterocycles. The molecule has 0 N–H and O–H groups in total. The molecule has 172 valence electrons. The van der Waals surface area contributed by atoms with Gasteiger partial charge in [-0.2, -0.15) is 0 Å². The second kappa shape index (κ2) is 8.14. The molecule has 0 radical (unpaired) electrons. The molecule has 10 heteroatoms. The number of benzene rings is 2. The maximum Gasteiger partial charge on any atom is 0.330 e. The van der Waals surface area contributed by atoms with Gasteiger partial charge in [0, 0.05) is 24.5 Å². The lowest BCUT2D eigenvalue weighted by atomic mass is 10.1. The minimum absolute atomic E-state index is 0.0790. The lowest BCUT2D eigenvalue weighted by molar-refractivity contribution is -0.129. The third-order valence-corrected chi connectivity index (χ3v) is 8.40. The normalized spacial score (nSPS) is 18.4. The summed E-state index contributed by atoms with van der Waals surface area (Å²) in [5, 5.41) is 2.22. The molecule has 8 nitrogen and oxygen atoms in total. The van der Waals surface area contributed by atoms with Crippen molar-refractivity contribution in [1.29, 1.82) is 0 Å². The van der Waals surface area contributed by atoms with Gasteiger partial charge in [0.2, 0.25) is 5.91 Å². The number of imidazole rings is 1. The fourth-order valence-electron chi connectivity index (χ4n) is 4.63. The summed E-state index contributed by atoms with van der Waals surface area (Å²) in [6.45, 7) is 3.20. The van der Waals surface area contributed by atoms with Crippen LogP contribution in [0.1, 0.15) is 24.4 Å². The van der Waals surface area contributed by atoms with E-state index in [1.54, 1.807) is 63.9 Å². The van der Waals surface area contributed by atoms with Crippen molar-refractivity contribution in [3.8, 4) is 0 Å². The number of likely N-dealkylation sites (tertiary alicyclic amines) is 1. The van der Waals surface area contributed by atoms with Gasteiger partial charge in [-0.15, -0.1) is 0 Å². The summed E-state index contributed by atoms with van der Waals surface area (Å²) >= 11 is 5.99. The zero-order chi connectivity index (χ0) is 23.3. The molecule has 5 rings (SSSR count). The van der Waals surface area contributed by atoms with E-state index >= 15 is 0 Å². The van der Waals surface area contributed by atoms with E-state index in [1.165, 1.54) is 0 Å². The first-order valence-electron chi connectivity index (χ1n) is 10.8. The molecule has 3 aromatic rings. The van der Waals surface area contributed by atoms with Crippen LogP contribution in [0.3, 0.4) is 0 Å². The SMILES string of the molecule is Cc1ncc2n1C(=O)N(C1CCN(C(=O)CCS(=O)(=O)c3ccc4cc(Cl)ccc4c3)C1)C2. The Kier molecular flexibility index (Phi) is 5.41. The second-order valence-corrected chi connectivity index (χ2v) is 11.1. The first kappa shape index (κ1) is 21.9. The highest BCUT2D eigenvalue weighted by atomic mass is 35.5. The number of sulfone groups is 1. The van der Waals surface area contributed by atoms with E-state index in [1.807, 2.05) is 0 Å². The van der Waals surface area contributed by atoms with Crippen molar-refractivity contribution in [3.05, 3.63) is 59.1 Å². The molecular formula is C23H23ClN4O4S. The van der Waals surface area contributed by atoms with Crippen LogP contribution in [0.15, 0.2) is 47.5 Å². The van der Waals surface area contributed by atoms with Gasteiger partial charge in [-0.25, -0.2) is 18.2 Å². The van der Waals surface area contributed by atoms with Crippen molar-refractivity contribution in [2.45, 2.75) is 37.2 Å². The second-order valence-electron chi connectivity index (χ2n) is 8.55. The number of aromatic nitrogens is 2. The van der Waals surface area contributed by atoms with E-state index in [-0.39, 0.29) is 35.0 Å². The monoisotopic (exact) mass is 486 g/mol. The van der Waals surface area contributed by atoms with Gasteiger partial charge in [-0.1, -0.05) is 23.7 Å². The van der Waals surface area contributed by atoms with Gasteiger partial charge in [0.05, 0.1) is 35.1 Å². The zero-order valence-corrected chi connectivity index (χ0v) is 19.6. The molecule has 1 unspecified atom stereocenters. The number of carbonyl (C=O) groups excluding carboxylic acids is 2. The Morgan fingerprint density at radius 3 is 2.73 bits per heavy atom. The highest BCUT2D eigenvalue weighted by molar-refractivity contribution is 7.91. The fraction of sp³-hybridized carbons (Fsp3) is 0.348. The summed E-state index contributed by atoms with van der Waals surface area (Å²) in [6, 6.07) is 9.97. The number of aryl methyl sites for hydroxylation is 1. The van der Waals surface area contributed by atoms with Crippen molar-refractivity contribution in [3.63, 3.8) is 0 Å². The van der Waals surface area contributed by atoms with Crippen molar-refractivity contribution >= 4 is 44.1 Å². The van der Waals surface area contributed by atoms with Gasteiger partial charge in [-0.3, -0.25) is 9.36 Å². The Balaban J connectivity index is 1.21. The summed E-state index contributed by atoms with van der Waals surface area (Å²) in [6.07, 6.45) is 2.29. The number of carbonyl (C=O) groups is 2.